The molecule has 0 aliphatic carbocycles. The molecule has 5 nitrogen and oxygen atoms in total. The largest absolute Gasteiger partial charge is 0.479 e. The van der Waals surface area contributed by atoms with Crippen LogP contribution in [0.1, 0.15) is 5.69 Å². The van der Waals surface area contributed by atoms with E-state index in [-0.39, 0.29) is 0 Å². The van der Waals surface area contributed by atoms with Crippen LogP contribution in [-0.4, -0.2) is 23.6 Å². The second-order valence-electron chi connectivity index (χ2n) is 3.45. The number of hydrogen-bond donors (Lipinski definition) is 2. The lowest BCUT2D eigenvalue weighted by Gasteiger charge is -2.07. The molecular weight excluding hydrogens is 236 g/mol. The van der Waals surface area contributed by atoms with Gasteiger partial charge in [0.1, 0.15) is 5.82 Å². The van der Waals surface area contributed by atoms with E-state index in [2.05, 4.69) is 15.3 Å². The van der Waals surface area contributed by atoms with Crippen LogP contribution in [0.15, 0.2) is 23.0 Å². The van der Waals surface area contributed by atoms with Crippen LogP contribution in [-0.2, 0) is 6.42 Å². The van der Waals surface area contributed by atoms with Crippen molar-refractivity contribution in [1.29, 1.82) is 0 Å². The van der Waals surface area contributed by atoms with Gasteiger partial charge in [0.05, 0.1) is 24.0 Å². The van der Waals surface area contributed by atoms with Gasteiger partial charge in [-0.25, -0.2) is 4.98 Å². The van der Waals surface area contributed by atoms with Crippen molar-refractivity contribution >= 4 is 22.8 Å². The number of nitrogen functional groups attached to an aromatic ring is 1. The molecule has 2 aromatic rings. The fraction of sp³-hybridized carbons (Fsp3) is 0.273. The van der Waals surface area contributed by atoms with Crippen molar-refractivity contribution in [1.82, 2.24) is 9.97 Å². The number of nitrogens with zero attached hydrogens (tertiary/aromatic N) is 2. The van der Waals surface area contributed by atoms with Gasteiger partial charge in [-0.1, -0.05) is 0 Å². The normalized spacial score (nSPS) is 10.2. The third-order valence-corrected chi connectivity index (χ3v) is 2.89. The Hall–Kier alpha value is -1.82. The Kier molecular flexibility index (Phi) is 3.77. The third-order valence-electron chi connectivity index (χ3n) is 2.25. The van der Waals surface area contributed by atoms with Crippen LogP contribution in [0, 0.1) is 0 Å². The molecule has 3 N–H and O–H groups in total. The summed E-state index contributed by atoms with van der Waals surface area (Å²) in [6.07, 6.45) is 0.873. The molecular formula is C11H14N4OS. The number of pyridine rings is 1. The fourth-order valence-corrected chi connectivity index (χ4v) is 1.99. The molecule has 0 atom stereocenters. The molecule has 0 unspecified atom stereocenters. The molecule has 6 heteroatoms. The molecule has 0 fully saturated rings. The van der Waals surface area contributed by atoms with E-state index >= 15 is 0 Å². The highest BCUT2D eigenvalue weighted by atomic mass is 32.1. The van der Waals surface area contributed by atoms with E-state index < -0.39 is 0 Å². The Bertz CT molecular complexity index is 472. The summed E-state index contributed by atoms with van der Waals surface area (Å²) in [6.45, 7) is 0.782. The van der Waals surface area contributed by atoms with Crippen molar-refractivity contribution in [2.24, 2.45) is 0 Å². The van der Waals surface area contributed by atoms with Crippen LogP contribution in [0.5, 0.6) is 5.88 Å². The number of hydrogen-bond acceptors (Lipinski definition) is 6. The molecule has 2 heterocycles. The highest BCUT2D eigenvalue weighted by Gasteiger charge is 2.02. The van der Waals surface area contributed by atoms with Crippen LogP contribution in [0.2, 0.25) is 0 Å². The average Bonchev–Trinajstić information content (AvgIpc) is 2.84. The minimum absolute atomic E-state index is 0.448. The third kappa shape index (κ3) is 3.07. The van der Waals surface area contributed by atoms with Crippen LogP contribution in [0.4, 0.5) is 11.5 Å². The molecule has 2 aromatic heterocycles. The standard InChI is InChI=1S/C11H14N4OS/c1-16-11-9(12)2-3-10(15-11)13-5-4-8-6-17-7-14-8/h2-3,6-7H,4-5,12H2,1H3,(H,13,15). The maximum atomic E-state index is 5.68. The molecule has 0 aromatic carbocycles. The monoisotopic (exact) mass is 250 g/mol. The van der Waals surface area contributed by atoms with Gasteiger partial charge >= 0.3 is 0 Å². The Labute approximate surface area is 104 Å². The van der Waals surface area contributed by atoms with Crippen molar-refractivity contribution in [3.63, 3.8) is 0 Å². The van der Waals surface area contributed by atoms with Gasteiger partial charge in [-0.05, 0) is 12.1 Å². The number of nitrogens with two attached hydrogens (primary N) is 1. The van der Waals surface area contributed by atoms with Crippen molar-refractivity contribution in [3.8, 4) is 5.88 Å². The molecule has 0 bridgehead atoms. The smallest absolute Gasteiger partial charge is 0.238 e. The summed E-state index contributed by atoms with van der Waals surface area (Å²) < 4.78 is 5.05. The maximum absolute atomic E-state index is 5.68. The topological polar surface area (TPSA) is 73.1 Å². The van der Waals surface area contributed by atoms with Gasteiger partial charge in [0.15, 0.2) is 0 Å². The minimum Gasteiger partial charge on any atom is -0.479 e. The van der Waals surface area contributed by atoms with E-state index in [0.29, 0.717) is 11.6 Å². The molecule has 17 heavy (non-hydrogen) atoms. The fourth-order valence-electron chi connectivity index (χ4n) is 1.39. The van der Waals surface area contributed by atoms with Gasteiger partial charge in [0.2, 0.25) is 5.88 Å². The Balaban J connectivity index is 1.90. The predicted octanol–water partition coefficient (Wildman–Crippen LogP) is 1.78. The van der Waals surface area contributed by atoms with Crippen molar-refractivity contribution in [3.05, 3.63) is 28.7 Å². The van der Waals surface area contributed by atoms with E-state index in [4.69, 9.17) is 10.5 Å². The number of nitrogens with one attached hydrogen (secondary N) is 1. The molecule has 0 amide bonds. The zero-order valence-corrected chi connectivity index (χ0v) is 10.3. The van der Waals surface area contributed by atoms with Gasteiger partial charge in [0, 0.05) is 18.3 Å². The van der Waals surface area contributed by atoms with Gasteiger partial charge in [-0.15, -0.1) is 11.3 Å². The average molecular weight is 250 g/mol. The van der Waals surface area contributed by atoms with E-state index in [0.717, 1.165) is 24.5 Å². The molecule has 0 aliphatic heterocycles. The van der Waals surface area contributed by atoms with Crippen molar-refractivity contribution < 1.29 is 4.74 Å². The number of thiazole rings is 1. The first-order chi connectivity index (χ1) is 8.29. The Morgan fingerprint density at radius 2 is 2.35 bits per heavy atom. The van der Waals surface area contributed by atoms with Gasteiger partial charge in [0.25, 0.3) is 0 Å². The highest BCUT2D eigenvalue weighted by Crippen LogP contribution is 2.19. The van der Waals surface area contributed by atoms with Crippen LogP contribution in [0.25, 0.3) is 0 Å². The van der Waals surface area contributed by atoms with Crippen molar-refractivity contribution in [2.75, 3.05) is 24.7 Å². The van der Waals surface area contributed by atoms with E-state index in [9.17, 15) is 0 Å². The molecule has 0 saturated carbocycles. The predicted molar refractivity (Wildman–Crippen MR) is 69.5 cm³/mol. The lowest BCUT2D eigenvalue weighted by molar-refractivity contribution is 0.401. The minimum atomic E-state index is 0.448. The summed E-state index contributed by atoms with van der Waals surface area (Å²) in [5, 5.41) is 5.24. The Morgan fingerprint density at radius 1 is 1.47 bits per heavy atom. The summed E-state index contributed by atoms with van der Waals surface area (Å²) in [5.74, 6) is 1.20. The molecule has 0 spiro atoms. The highest BCUT2D eigenvalue weighted by molar-refractivity contribution is 7.07. The second-order valence-corrected chi connectivity index (χ2v) is 4.17. The zero-order chi connectivity index (χ0) is 12.1. The Morgan fingerprint density at radius 3 is 3.06 bits per heavy atom. The first kappa shape index (κ1) is 11.7. The summed E-state index contributed by atoms with van der Waals surface area (Å²) in [4.78, 5) is 8.44. The summed E-state index contributed by atoms with van der Waals surface area (Å²) in [6, 6.07) is 3.61. The van der Waals surface area contributed by atoms with Crippen LogP contribution >= 0.6 is 11.3 Å². The SMILES string of the molecule is COc1nc(NCCc2cscn2)ccc1N. The second kappa shape index (κ2) is 5.49. The first-order valence-corrected chi connectivity index (χ1v) is 6.15. The molecule has 2 rings (SSSR count). The number of methoxy groups -OCH3 is 1. The molecule has 0 aliphatic rings. The van der Waals surface area contributed by atoms with Crippen LogP contribution < -0.4 is 15.8 Å². The molecule has 90 valence electrons. The van der Waals surface area contributed by atoms with Crippen LogP contribution in [0.3, 0.4) is 0 Å². The lowest BCUT2D eigenvalue weighted by Crippen LogP contribution is -2.07. The first-order valence-electron chi connectivity index (χ1n) is 5.21. The van der Waals surface area contributed by atoms with Gasteiger partial charge in [-0.2, -0.15) is 4.98 Å². The van der Waals surface area contributed by atoms with Crippen molar-refractivity contribution in [2.45, 2.75) is 6.42 Å². The molecule has 0 saturated heterocycles. The molecule has 0 radical (unpaired) electrons. The summed E-state index contributed by atoms with van der Waals surface area (Å²) >= 11 is 1.60. The lowest BCUT2D eigenvalue weighted by atomic mass is 10.3. The zero-order valence-electron chi connectivity index (χ0n) is 9.51. The summed E-state index contributed by atoms with van der Waals surface area (Å²) in [7, 11) is 1.55. The summed E-state index contributed by atoms with van der Waals surface area (Å²) in [5.41, 5.74) is 9.14. The van der Waals surface area contributed by atoms with E-state index in [1.165, 1.54) is 0 Å². The van der Waals surface area contributed by atoms with Gasteiger partial charge in [-0.3, -0.25) is 0 Å². The number of ether oxygens (including phenoxy) is 1. The quantitative estimate of drug-likeness (QED) is 0.846. The number of rotatable bonds is 5. The number of anilines is 2. The number of aromatic nitrogens is 2. The maximum Gasteiger partial charge on any atom is 0.238 e. The van der Waals surface area contributed by atoms with Gasteiger partial charge < -0.3 is 15.8 Å². The van der Waals surface area contributed by atoms with E-state index in [1.807, 2.05) is 17.0 Å². The van der Waals surface area contributed by atoms with E-state index in [1.54, 1.807) is 24.5 Å².